The van der Waals surface area contributed by atoms with Crippen LogP contribution in [0, 0.1) is 0 Å². The number of nitrogens with zero attached hydrogens (tertiary/aromatic N) is 2. The molecule has 0 atom stereocenters. The summed E-state index contributed by atoms with van der Waals surface area (Å²) in [6.07, 6.45) is 0. The molecule has 0 saturated carbocycles. The summed E-state index contributed by atoms with van der Waals surface area (Å²) in [4.78, 5) is 12.4. The zero-order chi connectivity index (χ0) is 21.7. The molecule has 0 unspecified atom stereocenters. The van der Waals surface area contributed by atoms with E-state index >= 15 is 0 Å². The lowest BCUT2D eigenvalue weighted by atomic mass is 10.2. The molecule has 8 nitrogen and oxygen atoms in total. The standard InChI is InChI=1S/C21H28N4O4S/c1-4-22-17-12-11-16(30(27,28)24(5-2)6-3)15-18(17)23-13-14-25-19-9-7-8-10-20(19)29-21(25)26/h7-12,15,22-23H,4-6,13-14H2,1-3H3. The number of rotatable bonds is 10. The van der Waals surface area contributed by atoms with E-state index in [-0.39, 0.29) is 4.90 Å². The summed E-state index contributed by atoms with van der Waals surface area (Å²) in [6, 6.07) is 12.3. The molecule has 30 heavy (non-hydrogen) atoms. The minimum atomic E-state index is -3.56. The molecule has 2 N–H and O–H groups in total. The summed E-state index contributed by atoms with van der Waals surface area (Å²) < 4.78 is 34.0. The Labute approximate surface area is 176 Å². The number of aromatic nitrogens is 1. The zero-order valence-electron chi connectivity index (χ0n) is 17.5. The van der Waals surface area contributed by atoms with Crippen molar-refractivity contribution >= 4 is 32.5 Å². The van der Waals surface area contributed by atoms with E-state index in [0.717, 1.165) is 11.2 Å². The highest BCUT2D eigenvalue weighted by Crippen LogP contribution is 2.27. The first-order chi connectivity index (χ1) is 14.4. The third-order valence-corrected chi connectivity index (χ3v) is 6.97. The fourth-order valence-corrected chi connectivity index (χ4v) is 4.90. The molecule has 9 heteroatoms. The van der Waals surface area contributed by atoms with Crippen LogP contribution in [0.4, 0.5) is 11.4 Å². The average molecular weight is 433 g/mol. The highest BCUT2D eigenvalue weighted by atomic mass is 32.2. The van der Waals surface area contributed by atoms with Crippen molar-refractivity contribution in [1.82, 2.24) is 8.87 Å². The van der Waals surface area contributed by atoms with Crippen molar-refractivity contribution in [2.45, 2.75) is 32.2 Å². The van der Waals surface area contributed by atoms with E-state index in [0.29, 0.717) is 44.0 Å². The van der Waals surface area contributed by atoms with E-state index in [1.54, 1.807) is 28.8 Å². The molecule has 0 spiro atoms. The first kappa shape index (κ1) is 21.9. The monoisotopic (exact) mass is 432 g/mol. The van der Waals surface area contributed by atoms with E-state index in [2.05, 4.69) is 10.6 Å². The van der Waals surface area contributed by atoms with Crippen LogP contribution in [0.2, 0.25) is 0 Å². The van der Waals surface area contributed by atoms with Crippen molar-refractivity contribution in [2.24, 2.45) is 0 Å². The Balaban J connectivity index is 1.85. The number of hydrogen-bond acceptors (Lipinski definition) is 6. The molecule has 0 bridgehead atoms. The van der Waals surface area contributed by atoms with Crippen LogP contribution in [-0.4, -0.2) is 43.5 Å². The van der Waals surface area contributed by atoms with Crippen molar-refractivity contribution in [3.05, 3.63) is 53.0 Å². The average Bonchev–Trinajstić information content (AvgIpc) is 3.05. The fraction of sp³-hybridized carbons (Fsp3) is 0.381. The largest absolute Gasteiger partial charge is 0.420 e. The van der Waals surface area contributed by atoms with Crippen LogP contribution in [0.1, 0.15) is 20.8 Å². The Morgan fingerprint density at radius 1 is 1.00 bits per heavy atom. The molecular weight excluding hydrogens is 404 g/mol. The third kappa shape index (κ3) is 4.36. The van der Waals surface area contributed by atoms with E-state index in [1.807, 2.05) is 39.0 Å². The number of fused-ring (bicyclic) bond motifs is 1. The van der Waals surface area contributed by atoms with Gasteiger partial charge in [0.2, 0.25) is 10.0 Å². The lowest BCUT2D eigenvalue weighted by Crippen LogP contribution is -2.30. The number of oxazole rings is 1. The summed E-state index contributed by atoms with van der Waals surface area (Å²) >= 11 is 0. The van der Waals surface area contributed by atoms with Gasteiger partial charge in [-0.25, -0.2) is 13.2 Å². The zero-order valence-corrected chi connectivity index (χ0v) is 18.3. The number of hydrogen-bond donors (Lipinski definition) is 2. The van der Waals surface area contributed by atoms with Crippen molar-refractivity contribution < 1.29 is 12.8 Å². The topological polar surface area (TPSA) is 96.6 Å². The van der Waals surface area contributed by atoms with Gasteiger partial charge in [-0.2, -0.15) is 4.31 Å². The van der Waals surface area contributed by atoms with Crippen molar-refractivity contribution in [1.29, 1.82) is 0 Å². The first-order valence-electron chi connectivity index (χ1n) is 10.1. The van der Waals surface area contributed by atoms with E-state index in [4.69, 9.17) is 4.42 Å². The van der Waals surface area contributed by atoms with E-state index < -0.39 is 15.8 Å². The Morgan fingerprint density at radius 3 is 2.43 bits per heavy atom. The van der Waals surface area contributed by atoms with Gasteiger partial charge in [0.15, 0.2) is 5.58 Å². The van der Waals surface area contributed by atoms with Gasteiger partial charge < -0.3 is 15.1 Å². The second-order valence-corrected chi connectivity index (χ2v) is 8.68. The van der Waals surface area contributed by atoms with Crippen LogP contribution in [-0.2, 0) is 16.6 Å². The SMILES string of the molecule is CCNc1ccc(S(=O)(=O)N(CC)CC)cc1NCCn1c(=O)oc2ccccc21. The molecular formula is C21H28N4O4S. The number of anilines is 2. The number of nitrogens with one attached hydrogen (secondary N) is 2. The predicted molar refractivity (Wildman–Crippen MR) is 120 cm³/mol. The summed E-state index contributed by atoms with van der Waals surface area (Å²) in [5, 5.41) is 6.51. The van der Waals surface area contributed by atoms with Gasteiger partial charge in [-0.1, -0.05) is 26.0 Å². The quantitative estimate of drug-likeness (QED) is 0.511. The lowest BCUT2D eigenvalue weighted by molar-refractivity contribution is 0.445. The summed E-state index contributed by atoms with van der Waals surface area (Å²) in [6.45, 7) is 7.94. The van der Waals surface area contributed by atoms with Crippen LogP contribution in [0.15, 0.2) is 56.6 Å². The molecule has 0 saturated heterocycles. The van der Waals surface area contributed by atoms with E-state index in [1.165, 1.54) is 4.31 Å². The molecule has 3 aromatic rings. The van der Waals surface area contributed by atoms with Crippen molar-refractivity contribution in [3.63, 3.8) is 0 Å². The summed E-state index contributed by atoms with van der Waals surface area (Å²) in [5.41, 5.74) is 2.75. The smallest absolute Gasteiger partial charge is 0.408 e. The maximum Gasteiger partial charge on any atom is 0.420 e. The van der Waals surface area contributed by atoms with Gasteiger partial charge in [-0.15, -0.1) is 0 Å². The minimum Gasteiger partial charge on any atom is -0.408 e. The molecule has 0 amide bonds. The second kappa shape index (κ2) is 9.36. The van der Waals surface area contributed by atoms with Crippen LogP contribution < -0.4 is 16.4 Å². The normalized spacial score (nSPS) is 11.9. The van der Waals surface area contributed by atoms with Crippen molar-refractivity contribution in [2.75, 3.05) is 36.8 Å². The number of benzene rings is 2. The number of sulfonamides is 1. The van der Waals surface area contributed by atoms with Crippen LogP contribution in [0.25, 0.3) is 11.1 Å². The first-order valence-corrected chi connectivity index (χ1v) is 11.6. The molecule has 1 aromatic heterocycles. The van der Waals surface area contributed by atoms with Crippen LogP contribution in [0.3, 0.4) is 0 Å². The summed E-state index contributed by atoms with van der Waals surface area (Å²) in [5.74, 6) is -0.414. The Morgan fingerprint density at radius 2 is 1.73 bits per heavy atom. The Kier molecular flexibility index (Phi) is 6.84. The van der Waals surface area contributed by atoms with E-state index in [9.17, 15) is 13.2 Å². The van der Waals surface area contributed by atoms with Crippen LogP contribution in [0.5, 0.6) is 0 Å². The van der Waals surface area contributed by atoms with Gasteiger partial charge in [0.25, 0.3) is 0 Å². The minimum absolute atomic E-state index is 0.237. The maximum atomic E-state index is 12.9. The highest BCUT2D eigenvalue weighted by molar-refractivity contribution is 7.89. The van der Waals surface area contributed by atoms with Gasteiger partial charge in [-0.3, -0.25) is 4.57 Å². The molecule has 3 rings (SSSR count). The highest BCUT2D eigenvalue weighted by Gasteiger charge is 2.22. The van der Waals surface area contributed by atoms with Crippen molar-refractivity contribution in [3.8, 4) is 0 Å². The van der Waals surface area contributed by atoms with Gasteiger partial charge in [0.1, 0.15) is 0 Å². The molecule has 0 fully saturated rings. The molecule has 0 aliphatic heterocycles. The Bertz CT molecular complexity index is 1160. The molecule has 0 aliphatic rings. The molecule has 0 aliphatic carbocycles. The molecule has 2 aromatic carbocycles. The van der Waals surface area contributed by atoms with Crippen LogP contribution >= 0.6 is 0 Å². The van der Waals surface area contributed by atoms with Gasteiger partial charge in [-0.05, 0) is 37.3 Å². The molecule has 162 valence electrons. The molecule has 0 radical (unpaired) electrons. The fourth-order valence-electron chi connectivity index (χ4n) is 3.42. The maximum absolute atomic E-state index is 12.9. The Hall–Kier alpha value is -2.78. The second-order valence-electron chi connectivity index (χ2n) is 6.74. The third-order valence-electron chi connectivity index (χ3n) is 4.93. The van der Waals surface area contributed by atoms with Gasteiger partial charge >= 0.3 is 5.76 Å². The van der Waals surface area contributed by atoms with Gasteiger partial charge in [0.05, 0.1) is 21.8 Å². The molecule has 1 heterocycles. The van der Waals surface area contributed by atoms with Gasteiger partial charge in [0, 0.05) is 32.7 Å². The summed E-state index contributed by atoms with van der Waals surface area (Å²) in [7, 11) is -3.56. The lowest BCUT2D eigenvalue weighted by Gasteiger charge is -2.20. The predicted octanol–water partition coefficient (Wildman–Crippen LogP) is 3.17. The number of para-hydroxylation sites is 2.